The number of benzene rings is 1. The Morgan fingerprint density at radius 2 is 1.89 bits per heavy atom. The summed E-state index contributed by atoms with van der Waals surface area (Å²) in [5, 5.41) is 0. The average Bonchev–Trinajstić information content (AvgIpc) is 3.02. The van der Waals surface area contributed by atoms with E-state index in [2.05, 4.69) is 4.90 Å². The molecule has 1 aromatic rings. The van der Waals surface area contributed by atoms with Crippen molar-refractivity contribution in [1.29, 1.82) is 0 Å². The quantitative estimate of drug-likeness (QED) is 0.667. The Bertz CT molecular complexity index is 938. The molecule has 0 N–H and O–H groups in total. The zero-order valence-electron chi connectivity index (χ0n) is 16.2. The van der Waals surface area contributed by atoms with E-state index in [9.17, 15) is 21.6 Å². The molecule has 2 aliphatic rings. The molecule has 2 aliphatic heterocycles. The maximum atomic E-state index is 13.0. The topological polar surface area (TPSA) is 95.1 Å². The van der Waals surface area contributed by atoms with E-state index < -0.39 is 19.9 Å². The predicted octanol–water partition coefficient (Wildman–Crippen LogP) is 0.272. The van der Waals surface area contributed by atoms with Gasteiger partial charge in [0.25, 0.3) is 5.91 Å². The van der Waals surface area contributed by atoms with E-state index in [0.29, 0.717) is 39.1 Å². The Balaban J connectivity index is 1.83. The number of piperazine rings is 1. The van der Waals surface area contributed by atoms with E-state index >= 15 is 0 Å². The van der Waals surface area contributed by atoms with Crippen LogP contribution < -0.4 is 0 Å². The van der Waals surface area contributed by atoms with Gasteiger partial charge in [0.1, 0.15) is 0 Å². The van der Waals surface area contributed by atoms with Crippen LogP contribution in [0.3, 0.4) is 0 Å². The number of likely N-dealkylation sites (N-methyl/N-ethyl adjacent to an activating group) is 1. The van der Waals surface area contributed by atoms with E-state index in [0.717, 1.165) is 0 Å². The first kappa shape index (κ1) is 21.2. The molecule has 0 spiro atoms. The molecule has 2 heterocycles. The highest BCUT2D eigenvalue weighted by atomic mass is 32.2. The fourth-order valence-corrected chi connectivity index (χ4v) is 6.92. The summed E-state index contributed by atoms with van der Waals surface area (Å²) >= 11 is 0. The second-order valence-corrected chi connectivity index (χ2v) is 11.5. The van der Waals surface area contributed by atoms with Gasteiger partial charge >= 0.3 is 0 Å². The van der Waals surface area contributed by atoms with Gasteiger partial charge in [0.2, 0.25) is 10.0 Å². The summed E-state index contributed by atoms with van der Waals surface area (Å²) in [4.78, 5) is 16.7. The van der Waals surface area contributed by atoms with Crippen LogP contribution in [0.2, 0.25) is 0 Å². The Morgan fingerprint density at radius 3 is 2.46 bits per heavy atom. The lowest BCUT2D eigenvalue weighted by Gasteiger charge is -2.31. The van der Waals surface area contributed by atoms with Gasteiger partial charge in [0, 0.05) is 44.3 Å². The van der Waals surface area contributed by atoms with Crippen LogP contribution >= 0.6 is 0 Å². The third kappa shape index (κ3) is 4.40. The Kier molecular flexibility index (Phi) is 6.14. The van der Waals surface area contributed by atoms with Crippen LogP contribution in [0.1, 0.15) is 23.7 Å². The molecule has 3 rings (SSSR count). The third-order valence-electron chi connectivity index (χ3n) is 5.43. The number of hydrogen-bond acceptors (Lipinski definition) is 6. The molecular formula is C18H27N3O5S2. The second kappa shape index (κ2) is 8.10. The molecule has 1 unspecified atom stereocenters. The summed E-state index contributed by atoms with van der Waals surface area (Å²) in [6.45, 7) is 4.33. The SMILES string of the molecule is CCN(C(=O)c1cccc(S(=O)(=O)N2CCN(C)CC2)c1)C1CCS(=O)(=O)C1. The van der Waals surface area contributed by atoms with Crippen LogP contribution in [0.5, 0.6) is 0 Å². The predicted molar refractivity (Wildman–Crippen MR) is 106 cm³/mol. The molecule has 1 amide bonds. The number of rotatable bonds is 5. The van der Waals surface area contributed by atoms with Gasteiger partial charge in [-0.3, -0.25) is 4.79 Å². The third-order valence-corrected chi connectivity index (χ3v) is 9.08. The lowest BCUT2D eigenvalue weighted by Crippen LogP contribution is -2.47. The molecule has 2 fully saturated rings. The first-order chi connectivity index (χ1) is 13.1. The van der Waals surface area contributed by atoms with Gasteiger partial charge in [-0.1, -0.05) is 6.07 Å². The highest BCUT2D eigenvalue weighted by Crippen LogP contribution is 2.23. The van der Waals surface area contributed by atoms with Crippen molar-refractivity contribution in [2.75, 3.05) is 51.3 Å². The lowest BCUT2D eigenvalue weighted by atomic mass is 10.1. The van der Waals surface area contributed by atoms with Gasteiger partial charge in [-0.05, 0) is 38.6 Å². The number of carbonyl (C=O) groups excluding carboxylic acids is 1. The number of hydrogen-bond donors (Lipinski definition) is 0. The molecule has 0 aromatic heterocycles. The van der Waals surface area contributed by atoms with Crippen molar-refractivity contribution in [3.63, 3.8) is 0 Å². The van der Waals surface area contributed by atoms with E-state index in [-0.39, 0.29) is 33.9 Å². The normalized spacial score (nSPS) is 23.6. The van der Waals surface area contributed by atoms with Crippen molar-refractivity contribution in [1.82, 2.24) is 14.1 Å². The van der Waals surface area contributed by atoms with E-state index in [1.54, 1.807) is 19.1 Å². The van der Waals surface area contributed by atoms with E-state index in [1.807, 2.05) is 7.05 Å². The smallest absolute Gasteiger partial charge is 0.254 e. The maximum absolute atomic E-state index is 13.0. The monoisotopic (exact) mass is 429 g/mol. The van der Waals surface area contributed by atoms with Crippen LogP contribution in [0.25, 0.3) is 0 Å². The Hall–Kier alpha value is -1.49. The minimum Gasteiger partial charge on any atom is -0.335 e. The lowest BCUT2D eigenvalue weighted by molar-refractivity contribution is 0.0708. The molecule has 1 aromatic carbocycles. The van der Waals surface area contributed by atoms with Crippen molar-refractivity contribution in [2.45, 2.75) is 24.3 Å². The van der Waals surface area contributed by atoms with Gasteiger partial charge in [0.05, 0.1) is 16.4 Å². The molecule has 1 atom stereocenters. The Morgan fingerprint density at radius 1 is 1.21 bits per heavy atom. The fraction of sp³-hybridized carbons (Fsp3) is 0.611. The minimum atomic E-state index is -3.67. The summed E-state index contributed by atoms with van der Waals surface area (Å²) in [5.41, 5.74) is 0.265. The van der Waals surface area contributed by atoms with Crippen LogP contribution in [0.4, 0.5) is 0 Å². The van der Waals surface area contributed by atoms with Crippen molar-refractivity contribution in [3.05, 3.63) is 29.8 Å². The van der Waals surface area contributed by atoms with Crippen molar-refractivity contribution >= 4 is 25.8 Å². The van der Waals surface area contributed by atoms with Crippen LogP contribution in [-0.2, 0) is 19.9 Å². The molecular weight excluding hydrogens is 402 g/mol. The van der Waals surface area contributed by atoms with Gasteiger partial charge in [-0.15, -0.1) is 0 Å². The summed E-state index contributed by atoms with van der Waals surface area (Å²) in [5.74, 6) is -0.287. The summed E-state index contributed by atoms with van der Waals surface area (Å²) < 4.78 is 50.9. The molecule has 8 nitrogen and oxygen atoms in total. The van der Waals surface area contributed by atoms with Gasteiger partial charge < -0.3 is 9.80 Å². The first-order valence-corrected chi connectivity index (χ1v) is 12.7. The van der Waals surface area contributed by atoms with Crippen LogP contribution in [0, 0.1) is 0 Å². The first-order valence-electron chi connectivity index (χ1n) is 9.44. The van der Waals surface area contributed by atoms with Crippen molar-refractivity contribution < 1.29 is 21.6 Å². The van der Waals surface area contributed by atoms with E-state index in [1.165, 1.54) is 21.3 Å². The molecule has 10 heteroatoms. The number of sulfonamides is 1. The standard InChI is InChI=1S/C18H27N3O5S2/c1-3-21(16-7-12-27(23,24)14-16)18(22)15-5-4-6-17(13-15)28(25,26)20-10-8-19(2)9-11-20/h4-6,13,16H,3,7-12,14H2,1-2H3. The number of amides is 1. The largest absolute Gasteiger partial charge is 0.335 e. The van der Waals surface area contributed by atoms with Gasteiger partial charge in [0.15, 0.2) is 9.84 Å². The number of carbonyl (C=O) groups is 1. The molecule has 0 bridgehead atoms. The summed E-state index contributed by atoms with van der Waals surface area (Å²) in [7, 11) is -4.84. The summed E-state index contributed by atoms with van der Waals surface area (Å²) in [6.07, 6.45) is 0.418. The molecule has 0 saturated carbocycles. The highest BCUT2D eigenvalue weighted by molar-refractivity contribution is 7.91. The van der Waals surface area contributed by atoms with Gasteiger partial charge in [-0.2, -0.15) is 4.31 Å². The Labute approximate surface area is 167 Å². The summed E-state index contributed by atoms with van der Waals surface area (Å²) in [6, 6.07) is 5.69. The molecule has 156 valence electrons. The molecule has 0 aliphatic carbocycles. The van der Waals surface area contributed by atoms with Gasteiger partial charge in [-0.25, -0.2) is 16.8 Å². The maximum Gasteiger partial charge on any atom is 0.254 e. The zero-order chi connectivity index (χ0) is 20.5. The average molecular weight is 430 g/mol. The van der Waals surface area contributed by atoms with Crippen molar-refractivity contribution in [2.24, 2.45) is 0 Å². The number of nitrogens with zero attached hydrogens (tertiary/aromatic N) is 3. The molecule has 28 heavy (non-hydrogen) atoms. The van der Waals surface area contributed by atoms with Crippen molar-refractivity contribution in [3.8, 4) is 0 Å². The highest BCUT2D eigenvalue weighted by Gasteiger charge is 2.35. The van der Waals surface area contributed by atoms with Crippen LogP contribution in [0.15, 0.2) is 29.2 Å². The van der Waals surface area contributed by atoms with E-state index in [4.69, 9.17) is 0 Å². The minimum absolute atomic E-state index is 0.0358. The molecule has 0 radical (unpaired) electrons. The number of sulfone groups is 1. The molecule has 2 saturated heterocycles. The zero-order valence-corrected chi connectivity index (χ0v) is 17.9. The second-order valence-electron chi connectivity index (χ2n) is 7.38. The fourth-order valence-electron chi connectivity index (χ4n) is 3.72. The van der Waals surface area contributed by atoms with Crippen LogP contribution in [-0.4, -0.2) is 94.2 Å².